The van der Waals surface area contributed by atoms with Crippen LogP contribution in [0.15, 0.2) is 43.1 Å². The molecule has 1 aromatic heterocycles. The molecule has 0 aliphatic rings. The minimum absolute atomic E-state index is 0.958. The van der Waals surface area contributed by atoms with Crippen LogP contribution in [-0.2, 0) is 13.1 Å². The van der Waals surface area contributed by atoms with Crippen LogP contribution in [0, 0.1) is 0 Å². The molecular formula is C18H26N2. The predicted octanol–water partition coefficient (Wildman–Crippen LogP) is 4.50. The molecule has 1 aromatic carbocycles. The fourth-order valence-corrected chi connectivity index (χ4v) is 2.57. The third-order valence-electron chi connectivity index (χ3n) is 3.72. The molecule has 20 heavy (non-hydrogen) atoms. The Morgan fingerprint density at radius 2 is 2.10 bits per heavy atom. The van der Waals surface area contributed by atoms with Gasteiger partial charge < -0.3 is 9.88 Å². The lowest BCUT2D eigenvalue weighted by Gasteiger charge is -2.06. The first-order chi connectivity index (χ1) is 9.85. The Hall–Kier alpha value is -1.54. The summed E-state index contributed by atoms with van der Waals surface area (Å²) in [5.41, 5.74) is 2.72. The SMILES string of the molecule is C=CCCCCCn1ccc2cc(CNCC)ccc21. The van der Waals surface area contributed by atoms with Crippen LogP contribution < -0.4 is 5.32 Å². The standard InChI is InChI=1S/C18H26N2/c1-3-5-6-7-8-12-20-13-11-17-14-16(15-19-4-2)9-10-18(17)20/h3,9-11,13-14,19H,1,4-8,12,15H2,2H3. The summed E-state index contributed by atoms with van der Waals surface area (Å²) in [4.78, 5) is 0. The molecule has 2 aromatic rings. The van der Waals surface area contributed by atoms with Gasteiger partial charge in [-0.1, -0.05) is 25.5 Å². The van der Waals surface area contributed by atoms with Gasteiger partial charge in [0.1, 0.15) is 0 Å². The van der Waals surface area contributed by atoms with Gasteiger partial charge in [0.2, 0.25) is 0 Å². The van der Waals surface area contributed by atoms with E-state index in [1.54, 1.807) is 0 Å². The van der Waals surface area contributed by atoms with Crippen LogP contribution in [0.2, 0.25) is 0 Å². The average molecular weight is 270 g/mol. The van der Waals surface area contributed by atoms with Crippen molar-refractivity contribution in [1.82, 2.24) is 9.88 Å². The molecule has 2 rings (SSSR count). The number of nitrogens with zero attached hydrogens (tertiary/aromatic N) is 1. The zero-order valence-corrected chi connectivity index (χ0v) is 12.6. The fraction of sp³-hybridized carbons (Fsp3) is 0.444. The molecule has 0 atom stereocenters. The van der Waals surface area contributed by atoms with E-state index in [9.17, 15) is 0 Å². The number of nitrogens with one attached hydrogen (secondary N) is 1. The molecular weight excluding hydrogens is 244 g/mol. The Balaban J connectivity index is 1.95. The minimum atomic E-state index is 0.958. The summed E-state index contributed by atoms with van der Waals surface area (Å²) in [5, 5.41) is 4.73. The molecule has 0 fully saturated rings. The van der Waals surface area contributed by atoms with Gasteiger partial charge in [-0.25, -0.2) is 0 Å². The summed E-state index contributed by atoms with van der Waals surface area (Å²) >= 11 is 0. The molecule has 2 nitrogen and oxygen atoms in total. The molecule has 108 valence electrons. The highest BCUT2D eigenvalue weighted by Gasteiger charge is 2.02. The van der Waals surface area contributed by atoms with Crippen molar-refractivity contribution < 1.29 is 0 Å². The Morgan fingerprint density at radius 1 is 1.20 bits per heavy atom. The molecule has 0 spiro atoms. The quantitative estimate of drug-likeness (QED) is 0.524. The second-order valence-corrected chi connectivity index (χ2v) is 5.32. The molecule has 0 bridgehead atoms. The predicted molar refractivity (Wildman–Crippen MR) is 88.0 cm³/mol. The average Bonchev–Trinajstić information content (AvgIpc) is 2.87. The summed E-state index contributed by atoms with van der Waals surface area (Å²) in [7, 11) is 0. The number of aryl methyl sites for hydroxylation is 1. The van der Waals surface area contributed by atoms with Crippen LogP contribution in [0.25, 0.3) is 10.9 Å². The third kappa shape index (κ3) is 3.97. The maximum atomic E-state index is 3.77. The van der Waals surface area contributed by atoms with Gasteiger partial charge >= 0.3 is 0 Å². The van der Waals surface area contributed by atoms with E-state index in [0.29, 0.717) is 0 Å². The lowest BCUT2D eigenvalue weighted by atomic mass is 10.1. The molecule has 2 heteroatoms. The highest BCUT2D eigenvalue weighted by molar-refractivity contribution is 5.80. The van der Waals surface area contributed by atoms with Gasteiger partial charge in [-0.15, -0.1) is 6.58 Å². The fourth-order valence-electron chi connectivity index (χ4n) is 2.57. The maximum absolute atomic E-state index is 3.77. The van der Waals surface area contributed by atoms with Crippen molar-refractivity contribution in [3.8, 4) is 0 Å². The number of benzene rings is 1. The van der Waals surface area contributed by atoms with Gasteiger partial charge in [0.05, 0.1) is 0 Å². The summed E-state index contributed by atoms with van der Waals surface area (Å²) in [6.07, 6.45) is 9.16. The van der Waals surface area contributed by atoms with Crippen molar-refractivity contribution in [1.29, 1.82) is 0 Å². The Morgan fingerprint density at radius 3 is 2.90 bits per heavy atom. The molecule has 0 aliphatic heterocycles. The molecule has 1 heterocycles. The number of rotatable bonds is 9. The number of unbranched alkanes of at least 4 members (excludes halogenated alkanes) is 3. The molecule has 0 unspecified atom stereocenters. The van der Waals surface area contributed by atoms with Gasteiger partial charge in [0, 0.05) is 24.8 Å². The Kier molecular flexibility index (Phi) is 5.87. The molecule has 0 aliphatic carbocycles. The van der Waals surface area contributed by atoms with Gasteiger partial charge in [-0.2, -0.15) is 0 Å². The van der Waals surface area contributed by atoms with E-state index >= 15 is 0 Å². The molecule has 1 N–H and O–H groups in total. The van der Waals surface area contributed by atoms with E-state index in [0.717, 1.165) is 26.1 Å². The van der Waals surface area contributed by atoms with E-state index in [-0.39, 0.29) is 0 Å². The third-order valence-corrected chi connectivity index (χ3v) is 3.72. The van der Waals surface area contributed by atoms with Crippen LogP contribution >= 0.6 is 0 Å². The first-order valence-electron chi connectivity index (χ1n) is 7.74. The van der Waals surface area contributed by atoms with Gasteiger partial charge in [0.15, 0.2) is 0 Å². The van der Waals surface area contributed by atoms with Gasteiger partial charge in [-0.3, -0.25) is 0 Å². The van der Waals surface area contributed by atoms with E-state index in [2.05, 4.69) is 53.8 Å². The van der Waals surface area contributed by atoms with Crippen LogP contribution in [-0.4, -0.2) is 11.1 Å². The van der Waals surface area contributed by atoms with Crippen LogP contribution in [0.5, 0.6) is 0 Å². The second-order valence-electron chi connectivity index (χ2n) is 5.32. The smallest absolute Gasteiger partial charge is 0.0480 e. The van der Waals surface area contributed by atoms with E-state index < -0.39 is 0 Å². The highest BCUT2D eigenvalue weighted by atomic mass is 14.9. The topological polar surface area (TPSA) is 17.0 Å². The van der Waals surface area contributed by atoms with Crippen molar-refractivity contribution in [2.75, 3.05) is 6.54 Å². The van der Waals surface area contributed by atoms with Crippen molar-refractivity contribution >= 4 is 10.9 Å². The van der Waals surface area contributed by atoms with Crippen LogP contribution in [0.3, 0.4) is 0 Å². The number of allylic oxidation sites excluding steroid dienone is 1. The molecule has 0 saturated heterocycles. The van der Waals surface area contributed by atoms with Crippen molar-refractivity contribution in [2.24, 2.45) is 0 Å². The molecule has 0 amide bonds. The summed E-state index contributed by atoms with van der Waals surface area (Å²) in [6.45, 7) is 9.00. The maximum Gasteiger partial charge on any atom is 0.0480 e. The van der Waals surface area contributed by atoms with Crippen molar-refractivity contribution in [3.63, 3.8) is 0 Å². The molecule has 0 radical (unpaired) electrons. The van der Waals surface area contributed by atoms with Gasteiger partial charge in [-0.05, 0) is 55.0 Å². The normalized spacial score (nSPS) is 11.1. The first kappa shape index (κ1) is 14.9. The number of fused-ring (bicyclic) bond motifs is 1. The van der Waals surface area contributed by atoms with Crippen LogP contribution in [0.4, 0.5) is 0 Å². The van der Waals surface area contributed by atoms with Gasteiger partial charge in [0.25, 0.3) is 0 Å². The van der Waals surface area contributed by atoms with E-state index in [1.807, 2.05) is 6.08 Å². The van der Waals surface area contributed by atoms with E-state index in [4.69, 9.17) is 0 Å². The zero-order valence-electron chi connectivity index (χ0n) is 12.6. The number of hydrogen-bond donors (Lipinski definition) is 1. The number of hydrogen-bond acceptors (Lipinski definition) is 1. The molecule has 0 saturated carbocycles. The summed E-state index contributed by atoms with van der Waals surface area (Å²) in [5.74, 6) is 0. The summed E-state index contributed by atoms with van der Waals surface area (Å²) in [6, 6.07) is 9.02. The lowest BCUT2D eigenvalue weighted by Crippen LogP contribution is -2.11. The first-order valence-corrected chi connectivity index (χ1v) is 7.74. The highest BCUT2D eigenvalue weighted by Crippen LogP contribution is 2.18. The number of aromatic nitrogens is 1. The van der Waals surface area contributed by atoms with Crippen molar-refractivity contribution in [3.05, 3.63) is 48.7 Å². The van der Waals surface area contributed by atoms with E-state index in [1.165, 1.54) is 35.7 Å². The Bertz CT molecular complexity index is 539. The lowest BCUT2D eigenvalue weighted by molar-refractivity contribution is 0.603. The van der Waals surface area contributed by atoms with Crippen molar-refractivity contribution in [2.45, 2.75) is 45.7 Å². The van der Waals surface area contributed by atoms with Crippen LogP contribution in [0.1, 0.15) is 38.2 Å². The second kappa shape index (κ2) is 7.91. The minimum Gasteiger partial charge on any atom is -0.347 e. The monoisotopic (exact) mass is 270 g/mol. The zero-order chi connectivity index (χ0) is 14.2. The largest absolute Gasteiger partial charge is 0.347 e. The summed E-state index contributed by atoms with van der Waals surface area (Å²) < 4.78 is 2.38. The Labute approximate surface area is 122 Å².